The summed E-state index contributed by atoms with van der Waals surface area (Å²) < 4.78 is 26.5. The van der Waals surface area contributed by atoms with Crippen LogP contribution in [0.3, 0.4) is 0 Å². The van der Waals surface area contributed by atoms with Gasteiger partial charge >= 0.3 is 0 Å². The Morgan fingerprint density at radius 1 is 1.33 bits per heavy atom. The lowest BCUT2D eigenvalue weighted by atomic mass is 9.89. The van der Waals surface area contributed by atoms with Gasteiger partial charge in [-0.15, -0.1) is 11.3 Å². The molecule has 1 N–H and O–H groups in total. The van der Waals surface area contributed by atoms with Crippen molar-refractivity contribution in [3.8, 4) is 0 Å². The Morgan fingerprint density at radius 3 is 2.88 bits per heavy atom. The van der Waals surface area contributed by atoms with Crippen LogP contribution in [-0.4, -0.2) is 30.9 Å². The maximum Gasteiger partial charge on any atom is 0.262 e. The van der Waals surface area contributed by atoms with Gasteiger partial charge in [-0.05, 0) is 37.5 Å². The molecule has 1 atom stereocenters. The van der Waals surface area contributed by atoms with E-state index in [0.29, 0.717) is 29.0 Å². The van der Waals surface area contributed by atoms with Gasteiger partial charge < -0.3 is 14.8 Å². The molecule has 1 amide bonds. The molecular weight excluding hydrogens is 329 g/mol. The number of amides is 1. The first-order valence-corrected chi connectivity index (χ1v) is 9.19. The monoisotopic (exact) mass is 349 g/mol. The molecule has 1 aliphatic heterocycles. The van der Waals surface area contributed by atoms with E-state index in [1.807, 2.05) is 6.07 Å². The Hall–Kier alpha value is -1.50. The lowest BCUT2D eigenvalue weighted by molar-refractivity contribution is -0.192. The van der Waals surface area contributed by atoms with E-state index in [4.69, 9.17) is 9.47 Å². The number of halogens is 1. The summed E-state index contributed by atoms with van der Waals surface area (Å²) in [6, 6.07) is 4.79. The zero-order valence-corrected chi connectivity index (χ0v) is 14.4. The molecule has 2 fully saturated rings. The first-order chi connectivity index (χ1) is 11.6. The zero-order chi connectivity index (χ0) is 16.7. The van der Waals surface area contributed by atoms with E-state index in [1.54, 1.807) is 13.0 Å². The van der Waals surface area contributed by atoms with Crippen molar-refractivity contribution in [2.75, 3.05) is 13.2 Å². The molecular formula is C18H20FNO3S. The Bertz CT molecular complexity index is 782. The van der Waals surface area contributed by atoms with Gasteiger partial charge in [0.05, 0.1) is 24.1 Å². The summed E-state index contributed by atoms with van der Waals surface area (Å²) in [7, 11) is 0. The topological polar surface area (TPSA) is 47.6 Å². The van der Waals surface area contributed by atoms with Crippen molar-refractivity contribution in [2.45, 2.75) is 44.4 Å². The molecule has 1 aliphatic carbocycles. The smallest absolute Gasteiger partial charge is 0.262 e. The third kappa shape index (κ3) is 2.53. The molecule has 6 heteroatoms. The Kier molecular flexibility index (Phi) is 4.06. The molecule has 1 spiro atoms. The zero-order valence-electron chi connectivity index (χ0n) is 13.6. The Morgan fingerprint density at radius 2 is 2.12 bits per heavy atom. The summed E-state index contributed by atoms with van der Waals surface area (Å²) >= 11 is 1.33. The van der Waals surface area contributed by atoms with Gasteiger partial charge in [0.1, 0.15) is 5.82 Å². The molecule has 2 aliphatic rings. The molecule has 0 radical (unpaired) electrons. The number of fused-ring (bicyclic) bond motifs is 1. The van der Waals surface area contributed by atoms with E-state index in [-0.39, 0.29) is 17.8 Å². The minimum absolute atomic E-state index is 0.157. The summed E-state index contributed by atoms with van der Waals surface area (Å²) in [5, 5.41) is 3.63. The fraction of sp³-hybridized carbons (Fsp3) is 0.500. The molecule has 1 saturated heterocycles. The van der Waals surface area contributed by atoms with E-state index in [1.165, 1.54) is 17.4 Å². The quantitative estimate of drug-likeness (QED) is 0.898. The third-order valence-electron chi connectivity index (χ3n) is 4.99. The lowest BCUT2D eigenvalue weighted by Gasteiger charge is -2.39. The number of nitrogens with one attached hydrogen (secondary N) is 1. The van der Waals surface area contributed by atoms with Crippen molar-refractivity contribution in [2.24, 2.45) is 0 Å². The van der Waals surface area contributed by atoms with Crippen LogP contribution in [0.5, 0.6) is 0 Å². The number of carbonyl (C=O) groups is 1. The highest BCUT2D eigenvalue weighted by atomic mass is 32.1. The van der Waals surface area contributed by atoms with Crippen molar-refractivity contribution in [3.05, 3.63) is 34.5 Å². The van der Waals surface area contributed by atoms with Gasteiger partial charge in [0, 0.05) is 16.5 Å². The fourth-order valence-corrected chi connectivity index (χ4v) is 4.93. The van der Waals surface area contributed by atoms with Gasteiger partial charge in [-0.1, -0.05) is 12.5 Å². The highest BCUT2D eigenvalue weighted by Crippen LogP contribution is 2.37. The van der Waals surface area contributed by atoms with Gasteiger partial charge in [-0.25, -0.2) is 4.39 Å². The number of hydrogen-bond acceptors (Lipinski definition) is 4. The molecule has 4 nitrogen and oxygen atoms in total. The molecule has 1 unspecified atom stereocenters. The van der Waals surface area contributed by atoms with Crippen molar-refractivity contribution in [3.63, 3.8) is 0 Å². The van der Waals surface area contributed by atoms with Gasteiger partial charge in [0.15, 0.2) is 5.79 Å². The second kappa shape index (κ2) is 6.10. The average molecular weight is 349 g/mol. The standard InChI is InChI=1S/C18H20FNO3S/c1-11-15-12(19)5-4-6-13(15)24-16(11)17(21)20-14-7-2-3-8-18(14)22-9-10-23-18/h4-6,14H,2-3,7-10H2,1H3,(H,20,21). The number of thiophene rings is 1. The lowest BCUT2D eigenvalue weighted by Crippen LogP contribution is -2.55. The normalized spacial score (nSPS) is 23.0. The average Bonchev–Trinajstić information content (AvgIpc) is 3.16. The van der Waals surface area contributed by atoms with Gasteiger partial charge in [0.2, 0.25) is 0 Å². The minimum Gasteiger partial charge on any atom is -0.346 e. The van der Waals surface area contributed by atoms with Crippen molar-refractivity contribution < 1.29 is 18.7 Å². The van der Waals surface area contributed by atoms with Crippen molar-refractivity contribution >= 4 is 27.3 Å². The Labute approximate surface area is 143 Å². The fourth-order valence-electron chi connectivity index (χ4n) is 3.81. The van der Waals surface area contributed by atoms with Crippen LogP contribution < -0.4 is 5.32 Å². The minimum atomic E-state index is -0.677. The maximum absolute atomic E-state index is 14.1. The van der Waals surface area contributed by atoms with E-state index in [2.05, 4.69) is 5.32 Å². The van der Waals surface area contributed by atoms with E-state index < -0.39 is 5.79 Å². The van der Waals surface area contributed by atoms with Gasteiger partial charge in [0.25, 0.3) is 5.91 Å². The van der Waals surface area contributed by atoms with E-state index in [0.717, 1.165) is 30.4 Å². The van der Waals surface area contributed by atoms with Crippen LogP contribution in [0.15, 0.2) is 18.2 Å². The van der Waals surface area contributed by atoms with Crippen LogP contribution in [0.2, 0.25) is 0 Å². The molecule has 1 aromatic carbocycles. The number of carbonyl (C=O) groups excluding carboxylic acids is 1. The molecule has 2 aromatic rings. The molecule has 1 saturated carbocycles. The second-order valence-electron chi connectivity index (χ2n) is 6.45. The highest BCUT2D eigenvalue weighted by molar-refractivity contribution is 7.21. The van der Waals surface area contributed by atoms with Crippen LogP contribution in [0.4, 0.5) is 4.39 Å². The predicted molar refractivity (Wildman–Crippen MR) is 90.9 cm³/mol. The summed E-state index contributed by atoms with van der Waals surface area (Å²) in [6.07, 6.45) is 3.72. The highest BCUT2D eigenvalue weighted by Gasteiger charge is 2.46. The van der Waals surface area contributed by atoms with Crippen LogP contribution >= 0.6 is 11.3 Å². The molecule has 2 heterocycles. The summed E-state index contributed by atoms with van der Waals surface area (Å²) in [6.45, 7) is 2.94. The Balaban J connectivity index is 1.62. The SMILES string of the molecule is Cc1c(C(=O)NC2CCCCC23OCCO3)sc2cccc(F)c12. The number of ether oxygens (including phenoxy) is 2. The number of rotatable bonds is 2. The predicted octanol–water partition coefficient (Wildman–Crippen LogP) is 3.76. The summed E-state index contributed by atoms with van der Waals surface area (Å²) in [4.78, 5) is 13.4. The van der Waals surface area contributed by atoms with Crippen LogP contribution in [0.25, 0.3) is 10.1 Å². The number of hydrogen-bond donors (Lipinski definition) is 1. The van der Waals surface area contributed by atoms with Gasteiger partial charge in [-0.3, -0.25) is 4.79 Å². The largest absolute Gasteiger partial charge is 0.346 e. The molecule has 4 rings (SSSR count). The molecule has 1 aromatic heterocycles. The summed E-state index contributed by atoms with van der Waals surface area (Å²) in [5.41, 5.74) is 0.698. The van der Waals surface area contributed by atoms with Crippen LogP contribution in [0, 0.1) is 12.7 Å². The first-order valence-electron chi connectivity index (χ1n) is 8.37. The number of benzene rings is 1. The third-order valence-corrected chi connectivity index (χ3v) is 6.25. The van der Waals surface area contributed by atoms with E-state index in [9.17, 15) is 9.18 Å². The molecule has 24 heavy (non-hydrogen) atoms. The molecule has 0 bridgehead atoms. The first kappa shape index (κ1) is 16.0. The van der Waals surface area contributed by atoms with Crippen LogP contribution in [0.1, 0.15) is 40.9 Å². The number of aryl methyl sites for hydroxylation is 1. The second-order valence-corrected chi connectivity index (χ2v) is 7.50. The van der Waals surface area contributed by atoms with Crippen molar-refractivity contribution in [1.29, 1.82) is 0 Å². The van der Waals surface area contributed by atoms with Crippen LogP contribution in [-0.2, 0) is 9.47 Å². The van der Waals surface area contributed by atoms with Gasteiger partial charge in [-0.2, -0.15) is 0 Å². The maximum atomic E-state index is 14.1. The molecule has 128 valence electrons. The van der Waals surface area contributed by atoms with Crippen molar-refractivity contribution in [1.82, 2.24) is 5.32 Å². The van der Waals surface area contributed by atoms with E-state index >= 15 is 0 Å². The summed E-state index contributed by atoms with van der Waals surface area (Å²) in [5.74, 6) is -1.13.